The zero-order valence-electron chi connectivity index (χ0n) is 13.7. The van der Waals surface area contributed by atoms with Gasteiger partial charge in [-0.15, -0.1) is 0 Å². The maximum absolute atomic E-state index is 3.73. The molecule has 19 heavy (non-hydrogen) atoms. The van der Waals surface area contributed by atoms with Gasteiger partial charge in [0.25, 0.3) is 0 Å². The number of hydrogen-bond acceptors (Lipinski definition) is 2. The van der Waals surface area contributed by atoms with E-state index in [9.17, 15) is 0 Å². The Hall–Kier alpha value is -0.0800. The number of hydrogen-bond donors (Lipinski definition) is 1. The first-order valence-electron chi connectivity index (χ1n) is 8.46. The molecule has 0 aromatic heterocycles. The highest BCUT2D eigenvalue weighted by Crippen LogP contribution is 2.41. The number of nitrogens with zero attached hydrogens (tertiary/aromatic N) is 1. The highest BCUT2D eigenvalue weighted by Gasteiger charge is 2.39. The summed E-state index contributed by atoms with van der Waals surface area (Å²) in [6.45, 7) is 14.5. The van der Waals surface area contributed by atoms with Crippen LogP contribution in [0.2, 0.25) is 0 Å². The second kappa shape index (κ2) is 6.13. The van der Waals surface area contributed by atoms with Crippen molar-refractivity contribution in [2.24, 2.45) is 11.3 Å². The van der Waals surface area contributed by atoms with Gasteiger partial charge in [-0.25, -0.2) is 0 Å². The smallest absolute Gasteiger partial charge is 0.0221 e. The average Bonchev–Trinajstić information content (AvgIpc) is 2.37. The molecule has 0 aromatic carbocycles. The maximum atomic E-state index is 3.73. The first-order chi connectivity index (χ1) is 8.96. The van der Waals surface area contributed by atoms with Crippen molar-refractivity contribution in [2.75, 3.05) is 13.1 Å². The van der Waals surface area contributed by atoms with Gasteiger partial charge in [-0.3, -0.25) is 4.90 Å². The van der Waals surface area contributed by atoms with Gasteiger partial charge >= 0.3 is 0 Å². The zero-order valence-corrected chi connectivity index (χ0v) is 13.7. The van der Waals surface area contributed by atoms with Crippen molar-refractivity contribution >= 4 is 0 Å². The summed E-state index contributed by atoms with van der Waals surface area (Å²) in [5.41, 5.74) is 0.565. The van der Waals surface area contributed by atoms with Crippen molar-refractivity contribution in [3.05, 3.63) is 0 Å². The molecular weight excluding hydrogens is 232 g/mol. The van der Waals surface area contributed by atoms with E-state index < -0.39 is 0 Å². The predicted octanol–water partition coefficient (Wildman–Crippen LogP) is 3.66. The molecule has 2 nitrogen and oxygen atoms in total. The fourth-order valence-electron chi connectivity index (χ4n) is 4.37. The summed E-state index contributed by atoms with van der Waals surface area (Å²) in [5.74, 6) is 0.855. The van der Waals surface area contributed by atoms with E-state index in [1.165, 1.54) is 45.2 Å². The summed E-state index contributed by atoms with van der Waals surface area (Å²) in [6, 6.07) is 2.30. The van der Waals surface area contributed by atoms with Gasteiger partial charge in [0.1, 0.15) is 0 Å². The molecular formula is C17H34N2. The maximum Gasteiger partial charge on any atom is 0.0221 e. The first-order valence-corrected chi connectivity index (χ1v) is 8.46. The van der Waals surface area contributed by atoms with E-state index >= 15 is 0 Å². The van der Waals surface area contributed by atoms with Crippen LogP contribution < -0.4 is 5.32 Å². The van der Waals surface area contributed by atoms with Crippen LogP contribution in [0.5, 0.6) is 0 Å². The largest absolute Gasteiger partial charge is 0.311 e. The fourth-order valence-corrected chi connectivity index (χ4v) is 4.37. The highest BCUT2D eigenvalue weighted by atomic mass is 15.3. The van der Waals surface area contributed by atoms with Crippen molar-refractivity contribution in [3.8, 4) is 0 Å². The third-order valence-corrected chi connectivity index (χ3v) is 5.58. The molecule has 1 saturated carbocycles. The minimum atomic E-state index is 0.565. The summed E-state index contributed by atoms with van der Waals surface area (Å²) < 4.78 is 0. The summed E-state index contributed by atoms with van der Waals surface area (Å²) >= 11 is 0. The first kappa shape index (κ1) is 15.3. The highest BCUT2D eigenvalue weighted by molar-refractivity contribution is 4.94. The molecule has 1 aliphatic heterocycles. The van der Waals surface area contributed by atoms with Crippen LogP contribution in [0, 0.1) is 11.3 Å². The summed E-state index contributed by atoms with van der Waals surface area (Å²) in [4.78, 5) is 2.87. The second-order valence-electron chi connectivity index (χ2n) is 7.72. The molecule has 0 amide bonds. The lowest BCUT2D eigenvalue weighted by atomic mass is 9.69. The zero-order chi connectivity index (χ0) is 14.0. The Kier molecular flexibility index (Phi) is 4.94. The lowest BCUT2D eigenvalue weighted by Gasteiger charge is -2.50. The topological polar surface area (TPSA) is 15.3 Å². The number of rotatable bonds is 3. The van der Waals surface area contributed by atoms with E-state index in [2.05, 4.69) is 44.8 Å². The Labute approximate surface area is 120 Å². The Morgan fingerprint density at radius 2 is 1.95 bits per heavy atom. The summed E-state index contributed by atoms with van der Waals surface area (Å²) in [6.07, 6.45) is 6.75. The minimum absolute atomic E-state index is 0.565. The fraction of sp³-hybridized carbons (Fsp3) is 1.00. The van der Waals surface area contributed by atoms with Crippen LogP contribution in [0.15, 0.2) is 0 Å². The van der Waals surface area contributed by atoms with Crippen LogP contribution in [-0.4, -0.2) is 36.1 Å². The molecule has 4 unspecified atom stereocenters. The van der Waals surface area contributed by atoms with Crippen molar-refractivity contribution < 1.29 is 0 Å². The van der Waals surface area contributed by atoms with Crippen LogP contribution in [0.3, 0.4) is 0 Å². The van der Waals surface area contributed by atoms with Crippen LogP contribution in [0.25, 0.3) is 0 Å². The van der Waals surface area contributed by atoms with Crippen molar-refractivity contribution in [3.63, 3.8) is 0 Å². The van der Waals surface area contributed by atoms with Crippen LogP contribution >= 0.6 is 0 Å². The van der Waals surface area contributed by atoms with Crippen LogP contribution in [0.1, 0.15) is 66.7 Å². The Balaban J connectivity index is 2.05. The van der Waals surface area contributed by atoms with E-state index in [-0.39, 0.29) is 0 Å². The molecule has 112 valence electrons. The number of nitrogens with one attached hydrogen (secondary N) is 1. The lowest BCUT2D eigenvalue weighted by Crippen LogP contribution is -2.61. The molecule has 2 heteroatoms. The molecule has 0 spiro atoms. The lowest BCUT2D eigenvalue weighted by molar-refractivity contribution is 0.00655. The molecule has 0 aromatic rings. The molecule has 1 heterocycles. The minimum Gasteiger partial charge on any atom is -0.311 e. The molecule has 2 rings (SSSR count). The van der Waals surface area contributed by atoms with Gasteiger partial charge in [0.2, 0.25) is 0 Å². The summed E-state index contributed by atoms with van der Waals surface area (Å²) in [5, 5.41) is 3.73. The Bertz CT molecular complexity index is 287. The average molecular weight is 266 g/mol. The third kappa shape index (κ3) is 3.52. The molecule has 2 aliphatic rings. The second-order valence-corrected chi connectivity index (χ2v) is 7.72. The van der Waals surface area contributed by atoms with E-state index in [4.69, 9.17) is 0 Å². The van der Waals surface area contributed by atoms with Crippen molar-refractivity contribution in [1.29, 1.82) is 0 Å². The molecule has 2 fully saturated rings. The molecule has 0 radical (unpaired) electrons. The van der Waals surface area contributed by atoms with Gasteiger partial charge in [-0.1, -0.05) is 34.6 Å². The number of piperazine rings is 1. The van der Waals surface area contributed by atoms with Crippen LogP contribution in [0.4, 0.5) is 0 Å². The van der Waals surface area contributed by atoms with E-state index in [1.807, 2.05) is 0 Å². The van der Waals surface area contributed by atoms with Gasteiger partial charge in [0.15, 0.2) is 0 Å². The van der Waals surface area contributed by atoms with Gasteiger partial charge in [0.05, 0.1) is 0 Å². The van der Waals surface area contributed by atoms with E-state index in [0.29, 0.717) is 11.5 Å². The van der Waals surface area contributed by atoms with Gasteiger partial charge in [-0.2, -0.15) is 0 Å². The van der Waals surface area contributed by atoms with Gasteiger partial charge in [0, 0.05) is 31.2 Å². The van der Waals surface area contributed by atoms with Crippen LogP contribution in [-0.2, 0) is 0 Å². The predicted molar refractivity (Wildman–Crippen MR) is 83.5 cm³/mol. The monoisotopic (exact) mass is 266 g/mol. The Morgan fingerprint density at radius 3 is 2.53 bits per heavy atom. The van der Waals surface area contributed by atoms with Gasteiger partial charge < -0.3 is 5.32 Å². The normalized spacial score (nSPS) is 40.3. The summed E-state index contributed by atoms with van der Waals surface area (Å²) in [7, 11) is 0. The molecule has 1 aliphatic carbocycles. The quantitative estimate of drug-likeness (QED) is 0.838. The molecule has 1 saturated heterocycles. The van der Waals surface area contributed by atoms with E-state index in [1.54, 1.807) is 0 Å². The Morgan fingerprint density at radius 1 is 1.21 bits per heavy atom. The van der Waals surface area contributed by atoms with E-state index in [0.717, 1.165) is 18.0 Å². The molecule has 0 bridgehead atoms. The van der Waals surface area contributed by atoms with Crippen molar-refractivity contribution in [2.45, 2.75) is 84.8 Å². The standard InChI is InChI=1S/C17H34N2/c1-6-14-12-19(15(7-2)11-18-14)16-8-9-17(4,5)10-13(16)3/h13-16,18H,6-12H2,1-5H3. The molecule has 4 atom stereocenters. The third-order valence-electron chi connectivity index (χ3n) is 5.58. The SMILES string of the molecule is CCC1CN(C2CCC(C)(C)CC2C)C(CC)CN1. The van der Waals surface area contributed by atoms with Gasteiger partial charge in [-0.05, 0) is 43.4 Å². The molecule has 1 N–H and O–H groups in total. The van der Waals surface area contributed by atoms with Crippen molar-refractivity contribution in [1.82, 2.24) is 10.2 Å².